The number of rotatable bonds is 10. The molecule has 1 rings (SSSR count). The van der Waals surface area contributed by atoms with E-state index in [1.807, 2.05) is 13.8 Å². The molecule has 4 nitrogen and oxygen atoms in total. The zero-order valence-electron chi connectivity index (χ0n) is 12.2. The Hall–Kier alpha value is -0.160. The third-order valence-electron chi connectivity index (χ3n) is 3.32. The Labute approximate surface area is 112 Å². The lowest BCUT2D eigenvalue weighted by Crippen LogP contribution is -2.35. The van der Waals surface area contributed by atoms with Gasteiger partial charge in [0.2, 0.25) is 0 Å². The summed E-state index contributed by atoms with van der Waals surface area (Å²) in [5.41, 5.74) is 0. The van der Waals surface area contributed by atoms with Crippen LogP contribution >= 0.6 is 0 Å². The molecule has 0 aliphatic carbocycles. The highest BCUT2D eigenvalue weighted by Gasteiger charge is 2.19. The van der Waals surface area contributed by atoms with E-state index in [0.717, 1.165) is 32.7 Å². The molecule has 0 bridgehead atoms. The summed E-state index contributed by atoms with van der Waals surface area (Å²) < 4.78 is 16.8. The Morgan fingerprint density at radius 2 is 1.94 bits per heavy atom. The topological polar surface area (TPSA) is 30.9 Å². The number of hydrogen-bond donors (Lipinski definition) is 0. The highest BCUT2D eigenvalue weighted by Crippen LogP contribution is 2.14. The minimum absolute atomic E-state index is 0.0569. The third-order valence-corrected chi connectivity index (χ3v) is 3.32. The first kappa shape index (κ1) is 15.9. The molecule has 0 saturated carbocycles. The molecule has 0 amide bonds. The van der Waals surface area contributed by atoms with Gasteiger partial charge >= 0.3 is 0 Å². The first-order valence-corrected chi connectivity index (χ1v) is 7.37. The van der Waals surface area contributed by atoms with Crippen molar-refractivity contribution in [3.63, 3.8) is 0 Å². The molecule has 1 aliphatic heterocycles. The predicted octanol–water partition coefficient (Wildman–Crippen LogP) is 2.28. The molecule has 1 heterocycles. The smallest absolute Gasteiger partial charge is 0.158 e. The van der Waals surface area contributed by atoms with Crippen LogP contribution in [-0.2, 0) is 14.2 Å². The molecule has 18 heavy (non-hydrogen) atoms. The van der Waals surface area contributed by atoms with Gasteiger partial charge in [0.1, 0.15) is 0 Å². The molecular weight excluding hydrogens is 230 g/mol. The van der Waals surface area contributed by atoms with E-state index in [1.54, 1.807) is 0 Å². The van der Waals surface area contributed by atoms with E-state index >= 15 is 0 Å². The van der Waals surface area contributed by atoms with E-state index in [-0.39, 0.29) is 6.29 Å². The summed E-state index contributed by atoms with van der Waals surface area (Å²) in [4.78, 5) is 2.43. The summed E-state index contributed by atoms with van der Waals surface area (Å²) in [6.45, 7) is 11.7. The Morgan fingerprint density at radius 1 is 1.22 bits per heavy atom. The second kappa shape index (κ2) is 9.73. The molecule has 1 fully saturated rings. The van der Waals surface area contributed by atoms with Crippen LogP contribution in [0.5, 0.6) is 0 Å². The van der Waals surface area contributed by atoms with Crippen LogP contribution in [0.3, 0.4) is 0 Å². The van der Waals surface area contributed by atoms with Crippen LogP contribution in [-0.4, -0.2) is 56.7 Å². The van der Waals surface area contributed by atoms with E-state index < -0.39 is 0 Å². The van der Waals surface area contributed by atoms with Crippen LogP contribution in [0.25, 0.3) is 0 Å². The van der Waals surface area contributed by atoms with Gasteiger partial charge in [-0.25, -0.2) is 0 Å². The van der Waals surface area contributed by atoms with Crippen LogP contribution in [0.1, 0.15) is 40.0 Å². The summed E-state index contributed by atoms with van der Waals surface area (Å²) in [6, 6.07) is 0. The number of ether oxygens (including phenoxy) is 3. The molecule has 1 atom stereocenters. The first-order chi connectivity index (χ1) is 8.80. The van der Waals surface area contributed by atoms with Gasteiger partial charge in [-0.15, -0.1) is 0 Å². The van der Waals surface area contributed by atoms with Gasteiger partial charge in [0, 0.05) is 39.3 Å². The first-order valence-electron chi connectivity index (χ1n) is 7.37. The van der Waals surface area contributed by atoms with Crippen LogP contribution < -0.4 is 0 Å². The number of hydrogen-bond acceptors (Lipinski definition) is 4. The maximum Gasteiger partial charge on any atom is 0.158 e. The van der Waals surface area contributed by atoms with Crippen molar-refractivity contribution in [2.75, 3.05) is 39.5 Å². The Balaban J connectivity index is 2.23. The monoisotopic (exact) mass is 259 g/mol. The second-order valence-electron chi connectivity index (χ2n) is 4.66. The van der Waals surface area contributed by atoms with Crippen molar-refractivity contribution < 1.29 is 14.2 Å². The fourth-order valence-electron chi connectivity index (χ4n) is 2.33. The molecule has 0 N–H and O–H groups in total. The zero-order chi connectivity index (χ0) is 13.2. The minimum atomic E-state index is -0.0569. The van der Waals surface area contributed by atoms with Gasteiger partial charge in [0.15, 0.2) is 6.29 Å². The normalized spacial score (nSPS) is 20.2. The van der Waals surface area contributed by atoms with Crippen molar-refractivity contribution in [2.45, 2.75) is 52.4 Å². The van der Waals surface area contributed by atoms with Gasteiger partial charge in [-0.1, -0.05) is 6.92 Å². The van der Waals surface area contributed by atoms with Gasteiger partial charge in [0.25, 0.3) is 0 Å². The molecule has 0 aromatic heterocycles. The van der Waals surface area contributed by atoms with Gasteiger partial charge in [-0.05, 0) is 33.2 Å². The van der Waals surface area contributed by atoms with Crippen LogP contribution in [0, 0.1) is 0 Å². The van der Waals surface area contributed by atoms with Gasteiger partial charge in [0.05, 0.1) is 6.10 Å². The highest BCUT2D eigenvalue weighted by molar-refractivity contribution is 4.70. The van der Waals surface area contributed by atoms with E-state index in [4.69, 9.17) is 14.2 Å². The largest absolute Gasteiger partial charge is 0.377 e. The predicted molar refractivity (Wildman–Crippen MR) is 72.7 cm³/mol. The van der Waals surface area contributed by atoms with Crippen molar-refractivity contribution in [2.24, 2.45) is 0 Å². The summed E-state index contributed by atoms with van der Waals surface area (Å²) in [6.07, 6.45) is 3.73. The van der Waals surface area contributed by atoms with Crippen molar-refractivity contribution in [1.29, 1.82) is 0 Å². The van der Waals surface area contributed by atoms with E-state index in [2.05, 4.69) is 11.8 Å². The molecule has 0 spiro atoms. The third kappa shape index (κ3) is 6.14. The molecule has 1 saturated heterocycles. The van der Waals surface area contributed by atoms with Crippen LogP contribution in [0.4, 0.5) is 0 Å². The lowest BCUT2D eigenvalue weighted by atomic mass is 10.2. The van der Waals surface area contributed by atoms with Gasteiger partial charge in [-0.3, -0.25) is 0 Å². The number of nitrogens with zero attached hydrogens (tertiary/aromatic N) is 1. The highest BCUT2D eigenvalue weighted by atomic mass is 16.7. The van der Waals surface area contributed by atoms with E-state index in [9.17, 15) is 0 Å². The van der Waals surface area contributed by atoms with Crippen molar-refractivity contribution >= 4 is 0 Å². The van der Waals surface area contributed by atoms with E-state index in [1.165, 1.54) is 12.8 Å². The summed E-state index contributed by atoms with van der Waals surface area (Å²) in [5.74, 6) is 0. The van der Waals surface area contributed by atoms with Crippen LogP contribution in [0.2, 0.25) is 0 Å². The molecule has 0 aromatic rings. The molecule has 1 unspecified atom stereocenters. The van der Waals surface area contributed by atoms with Crippen molar-refractivity contribution in [1.82, 2.24) is 4.90 Å². The lowest BCUT2D eigenvalue weighted by Gasteiger charge is -2.26. The summed E-state index contributed by atoms with van der Waals surface area (Å²) in [7, 11) is 0. The fourth-order valence-corrected chi connectivity index (χ4v) is 2.33. The Bertz CT molecular complexity index is 189. The standard InChI is InChI=1S/C14H29NO3/c1-4-15(12-13-8-7-11-18-13)10-9-14(16-5-2)17-6-3/h13-14H,4-12H2,1-3H3. The summed E-state index contributed by atoms with van der Waals surface area (Å²) in [5, 5.41) is 0. The summed E-state index contributed by atoms with van der Waals surface area (Å²) >= 11 is 0. The number of likely N-dealkylation sites (N-methyl/N-ethyl adjacent to an activating group) is 1. The van der Waals surface area contributed by atoms with Gasteiger partial charge in [-0.2, -0.15) is 0 Å². The zero-order valence-corrected chi connectivity index (χ0v) is 12.2. The molecule has 4 heteroatoms. The molecular formula is C14H29NO3. The molecule has 108 valence electrons. The maximum atomic E-state index is 5.68. The van der Waals surface area contributed by atoms with Crippen molar-refractivity contribution in [3.05, 3.63) is 0 Å². The second-order valence-corrected chi connectivity index (χ2v) is 4.66. The SMILES string of the molecule is CCOC(CCN(CC)CC1CCCO1)OCC. The average molecular weight is 259 g/mol. The minimum Gasteiger partial charge on any atom is -0.377 e. The van der Waals surface area contributed by atoms with Crippen molar-refractivity contribution in [3.8, 4) is 0 Å². The average Bonchev–Trinajstić information content (AvgIpc) is 2.87. The Kier molecular flexibility index (Phi) is 8.59. The van der Waals surface area contributed by atoms with Gasteiger partial charge < -0.3 is 19.1 Å². The lowest BCUT2D eigenvalue weighted by molar-refractivity contribution is -0.142. The molecule has 0 aromatic carbocycles. The fraction of sp³-hybridized carbons (Fsp3) is 1.00. The molecule has 0 radical (unpaired) electrons. The Morgan fingerprint density at radius 3 is 2.44 bits per heavy atom. The quantitative estimate of drug-likeness (QED) is 0.563. The van der Waals surface area contributed by atoms with E-state index in [0.29, 0.717) is 19.3 Å². The maximum absolute atomic E-state index is 5.68. The molecule has 1 aliphatic rings. The van der Waals surface area contributed by atoms with Crippen LogP contribution in [0.15, 0.2) is 0 Å².